The lowest BCUT2D eigenvalue weighted by atomic mass is 10.1. The summed E-state index contributed by atoms with van der Waals surface area (Å²) < 4.78 is 14.0. The van der Waals surface area contributed by atoms with Gasteiger partial charge in [0.15, 0.2) is 0 Å². The zero-order valence-electron chi connectivity index (χ0n) is 17.9. The maximum absolute atomic E-state index is 14.0. The molecule has 3 aromatic carbocycles. The number of benzene rings is 3. The highest BCUT2D eigenvalue weighted by molar-refractivity contribution is 6.01. The molecule has 1 aliphatic rings. The van der Waals surface area contributed by atoms with Crippen LogP contribution in [0.4, 0.5) is 21.5 Å². The standard InChI is InChI=1S/C26H26FN3O2/c27-23-13-7-8-14-24(23)28-17-19-29(20-18-28)25(31)15-16-26(32)30(21-9-3-1-4-10-21)22-11-5-2-6-12-22/h1-14H,15-20H2. The van der Waals surface area contributed by atoms with Crippen molar-refractivity contribution >= 4 is 28.9 Å². The zero-order valence-corrected chi connectivity index (χ0v) is 17.9. The van der Waals surface area contributed by atoms with Crippen LogP contribution in [-0.2, 0) is 9.59 Å². The number of rotatable bonds is 6. The van der Waals surface area contributed by atoms with Gasteiger partial charge in [0, 0.05) is 50.4 Å². The molecular weight excluding hydrogens is 405 g/mol. The molecule has 0 aliphatic carbocycles. The Morgan fingerprint density at radius 1 is 0.719 bits per heavy atom. The molecule has 1 heterocycles. The molecule has 3 aromatic rings. The summed E-state index contributed by atoms with van der Waals surface area (Å²) in [5.41, 5.74) is 2.11. The Hall–Kier alpha value is -3.67. The van der Waals surface area contributed by atoms with Gasteiger partial charge >= 0.3 is 0 Å². The summed E-state index contributed by atoms with van der Waals surface area (Å²) in [5.74, 6) is -0.423. The van der Waals surface area contributed by atoms with Crippen LogP contribution < -0.4 is 9.80 Å². The molecule has 0 radical (unpaired) electrons. The second-order valence-corrected chi connectivity index (χ2v) is 7.72. The van der Waals surface area contributed by atoms with E-state index in [0.29, 0.717) is 31.9 Å². The van der Waals surface area contributed by atoms with E-state index in [1.165, 1.54) is 6.07 Å². The van der Waals surface area contributed by atoms with E-state index in [2.05, 4.69) is 0 Å². The lowest BCUT2D eigenvalue weighted by Gasteiger charge is -2.36. The van der Waals surface area contributed by atoms with Crippen molar-refractivity contribution in [3.05, 3.63) is 90.7 Å². The van der Waals surface area contributed by atoms with Crippen molar-refractivity contribution in [3.63, 3.8) is 0 Å². The van der Waals surface area contributed by atoms with Crippen LogP contribution in [0.25, 0.3) is 0 Å². The molecule has 1 aliphatic heterocycles. The third-order valence-corrected chi connectivity index (χ3v) is 5.66. The van der Waals surface area contributed by atoms with E-state index >= 15 is 0 Å². The highest BCUT2D eigenvalue weighted by atomic mass is 19.1. The summed E-state index contributed by atoms with van der Waals surface area (Å²) in [7, 11) is 0. The third kappa shape index (κ3) is 4.97. The van der Waals surface area contributed by atoms with Gasteiger partial charge in [-0.3, -0.25) is 14.5 Å². The van der Waals surface area contributed by atoms with Crippen molar-refractivity contribution in [2.45, 2.75) is 12.8 Å². The number of nitrogens with zero attached hydrogens (tertiary/aromatic N) is 3. The predicted molar refractivity (Wildman–Crippen MR) is 124 cm³/mol. The van der Waals surface area contributed by atoms with Crippen molar-refractivity contribution in [2.75, 3.05) is 36.0 Å². The SMILES string of the molecule is O=C(CCC(=O)N(c1ccccc1)c1ccccc1)N1CCN(c2ccccc2F)CC1. The minimum absolute atomic E-state index is 0.0485. The quantitative estimate of drug-likeness (QED) is 0.572. The molecule has 1 saturated heterocycles. The number of carbonyl (C=O) groups excluding carboxylic acids is 2. The summed E-state index contributed by atoms with van der Waals surface area (Å²) in [6.45, 7) is 2.17. The summed E-state index contributed by atoms with van der Waals surface area (Å²) in [5, 5.41) is 0. The second kappa shape index (κ2) is 10.1. The number of halogens is 1. The van der Waals surface area contributed by atoms with Crippen LogP contribution in [0.5, 0.6) is 0 Å². The number of para-hydroxylation sites is 3. The number of hydrogen-bond donors (Lipinski definition) is 0. The van der Waals surface area contributed by atoms with Gasteiger partial charge in [-0.2, -0.15) is 0 Å². The van der Waals surface area contributed by atoms with Gasteiger partial charge in [-0.1, -0.05) is 48.5 Å². The lowest BCUT2D eigenvalue weighted by molar-refractivity contribution is -0.133. The van der Waals surface area contributed by atoms with Gasteiger partial charge < -0.3 is 9.80 Å². The molecule has 0 aromatic heterocycles. The normalized spacial score (nSPS) is 13.7. The number of amides is 2. The van der Waals surface area contributed by atoms with Crippen LogP contribution in [0, 0.1) is 5.82 Å². The molecule has 2 amide bonds. The molecule has 0 spiro atoms. The number of anilines is 3. The van der Waals surface area contributed by atoms with E-state index in [9.17, 15) is 14.0 Å². The molecule has 0 unspecified atom stereocenters. The molecule has 6 heteroatoms. The van der Waals surface area contributed by atoms with Crippen molar-refractivity contribution in [3.8, 4) is 0 Å². The first kappa shape index (κ1) is 21.6. The average Bonchev–Trinajstić information content (AvgIpc) is 2.84. The number of hydrogen-bond acceptors (Lipinski definition) is 3. The molecule has 32 heavy (non-hydrogen) atoms. The van der Waals surface area contributed by atoms with Gasteiger partial charge in [-0.05, 0) is 36.4 Å². The van der Waals surface area contributed by atoms with E-state index in [4.69, 9.17) is 0 Å². The minimum Gasteiger partial charge on any atom is -0.366 e. The molecule has 0 saturated carbocycles. The smallest absolute Gasteiger partial charge is 0.232 e. The zero-order chi connectivity index (χ0) is 22.3. The predicted octanol–water partition coefficient (Wildman–Crippen LogP) is 4.62. The molecule has 0 bridgehead atoms. The van der Waals surface area contributed by atoms with E-state index < -0.39 is 0 Å². The second-order valence-electron chi connectivity index (χ2n) is 7.72. The monoisotopic (exact) mass is 431 g/mol. The van der Waals surface area contributed by atoms with Crippen molar-refractivity contribution < 1.29 is 14.0 Å². The van der Waals surface area contributed by atoms with Gasteiger partial charge in [0.1, 0.15) is 5.82 Å². The fraction of sp³-hybridized carbons (Fsp3) is 0.231. The fourth-order valence-electron chi connectivity index (χ4n) is 3.98. The first-order valence-electron chi connectivity index (χ1n) is 10.8. The first-order chi connectivity index (χ1) is 15.6. The van der Waals surface area contributed by atoms with E-state index in [-0.39, 0.29) is 30.5 Å². The minimum atomic E-state index is -0.250. The Kier molecular flexibility index (Phi) is 6.80. The Morgan fingerprint density at radius 3 is 1.81 bits per heavy atom. The molecule has 5 nitrogen and oxygen atoms in total. The Bertz CT molecular complexity index is 1010. The van der Waals surface area contributed by atoms with Gasteiger partial charge in [-0.25, -0.2) is 4.39 Å². The summed E-state index contributed by atoms with van der Waals surface area (Å²) in [4.78, 5) is 31.3. The molecule has 0 N–H and O–H groups in total. The Labute approximate surface area is 187 Å². The maximum Gasteiger partial charge on any atom is 0.232 e. The lowest BCUT2D eigenvalue weighted by Crippen LogP contribution is -2.49. The molecule has 4 rings (SSSR count). The van der Waals surface area contributed by atoms with Gasteiger partial charge in [0.25, 0.3) is 0 Å². The van der Waals surface area contributed by atoms with Gasteiger partial charge in [0.05, 0.1) is 5.69 Å². The van der Waals surface area contributed by atoms with Crippen molar-refractivity contribution in [1.29, 1.82) is 0 Å². The largest absolute Gasteiger partial charge is 0.366 e. The first-order valence-corrected chi connectivity index (χ1v) is 10.8. The van der Waals surface area contributed by atoms with E-state index in [1.807, 2.05) is 71.6 Å². The van der Waals surface area contributed by atoms with E-state index in [1.54, 1.807) is 21.9 Å². The van der Waals surface area contributed by atoms with Crippen LogP contribution in [-0.4, -0.2) is 42.9 Å². The fourth-order valence-corrected chi connectivity index (χ4v) is 3.98. The van der Waals surface area contributed by atoms with Crippen LogP contribution in [0.15, 0.2) is 84.9 Å². The number of carbonyl (C=O) groups is 2. The van der Waals surface area contributed by atoms with Gasteiger partial charge in [-0.15, -0.1) is 0 Å². The summed E-state index contributed by atoms with van der Waals surface area (Å²) in [6.07, 6.45) is 0.269. The van der Waals surface area contributed by atoms with Crippen LogP contribution in [0.3, 0.4) is 0 Å². The van der Waals surface area contributed by atoms with E-state index in [0.717, 1.165) is 11.4 Å². The highest BCUT2D eigenvalue weighted by Gasteiger charge is 2.24. The number of piperazine rings is 1. The van der Waals surface area contributed by atoms with Gasteiger partial charge in [0.2, 0.25) is 11.8 Å². The van der Waals surface area contributed by atoms with Crippen molar-refractivity contribution in [2.24, 2.45) is 0 Å². The van der Waals surface area contributed by atoms with Crippen LogP contribution in [0.1, 0.15) is 12.8 Å². The van der Waals surface area contributed by atoms with Crippen LogP contribution in [0.2, 0.25) is 0 Å². The molecule has 1 fully saturated rings. The highest BCUT2D eigenvalue weighted by Crippen LogP contribution is 2.26. The molecule has 164 valence electrons. The Balaban J connectivity index is 1.36. The maximum atomic E-state index is 14.0. The third-order valence-electron chi connectivity index (χ3n) is 5.66. The van der Waals surface area contributed by atoms with Crippen molar-refractivity contribution in [1.82, 2.24) is 4.90 Å². The topological polar surface area (TPSA) is 43.9 Å². The van der Waals surface area contributed by atoms with Crippen LogP contribution >= 0.6 is 0 Å². The Morgan fingerprint density at radius 2 is 1.25 bits per heavy atom. The molecular formula is C26H26FN3O2. The summed E-state index contributed by atoms with van der Waals surface area (Å²) >= 11 is 0. The summed E-state index contributed by atoms with van der Waals surface area (Å²) in [6, 6.07) is 25.6. The molecule has 0 atom stereocenters. The average molecular weight is 432 g/mol.